The molecule has 244 valence electrons. The molecule has 1 saturated heterocycles. The minimum atomic E-state index is -3.90. The first kappa shape index (κ1) is 32.1. The quantitative estimate of drug-likeness (QED) is 0.203. The maximum absolute atomic E-state index is 14.2. The Morgan fingerprint density at radius 1 is 0.812 bits per heavy atom. The number of rotatable bonds is 6. The fourth-order valence-corrected chi connectivity index (χ4v) is 7.60. The molecule has 0 aliphatic carbocycles. The lowest BCUT2D eigenvalue weighted by molar-refractivity contribution is 0.00578. The van der Waals surface area contributed by atoms with E-state index in [1.54, 1.807) is 62.4 Å². The minimum Gasteiger partial charge on any atom is -0.399 e. The summed E-state index contributed by atoms with van der Waals surface area (Å²) in [7, 11) is -4.45. The Labute approximate surface area is 283 Å². The zero-order chi connectivity index (χ0) is 34.2. The van der Waals surface area contributed by atoms with E-state index in [9.17, 15) is 13.2 Å². The number of fused-ring (bicyclic) bond motifs is 1. The van der Waals surface area contributed by atoms with Gasteiger partial charge in [0.2, 0.25) is 0 Å². The van der Waals surface area contributed by atoms with Crippen LogP contribution in [0.1, 0.15) is 39.1 Å². The summed E-state index contributed by atoms with van der Waals surface area (Å²) in [5.41, 5.74) is 2.64. The highest BCUT2D eigenvalue weighted by Crippen LogP contribution is 2.36. The Kier molecular flexibility index (Phi) is 7.55. The highest BCUT2D eigenvalue weighted by atomic mass is 35.5. The molecule has 0 atom stereocenters. The number of aryl methyl sites for hydroxylation is 2. The van der Waals surface area contributed by atoms with Crippen molar-refractivity contribution in [1.82, 2.24) is 23.3 Å². The molecule has 48 heavy (non-hydrogen) atoms. The van der Waals surface area contributed by atoms with Crippen molar-refractivity contribution in [2.24, 2.45) is 0 Å². The molecule has 3 aromatic heterocycles. The predicted molar refractivity (Wildman–Crippen MR) is 187 cm³/mol. The van der Waals surface area contributed by atoms with E-state index in [1.807, 2.05) is 52.0 Å². The first-order valence-electron chi connectivity index (χ1n) is 15.4. The van der Waals surface area contributed by atoms with Crippen molar-refractivity contribution < 1.29 is 17.7 Å². The lowest BCUT2D eigenvalue weighted by atomic mass is 9.79. The van der Waals surface area contributed by atoms with Gasteiger partial charge in [-0.05, 0) is 102 Å². The predicted octanol–water partition coefficient (Wildman–Crippen LogP) is 5.85. The monoisotopic (exact) mass is 681 g/mol. The van der Waals surface area contributed by atoms with Crippen molar-refractivity contribution in [1.29, 1.82) is 0 Å². The molecule has 10 nitrogen and oxygen atoms in total. The van der Waals surface area contributed by atoms with Crippen LogP contribution in [0, 0.1) is 13.8 Å². The van der Waals surface area contributed by atoms with Crippen LogP contribution in [0.25, 0.3) is 33.8 Å². The average molecular weight is 682 g/mol. The van der Waals surface area contributed by atoms with Gasteiger partial charge in [-0.3, -0.25) is 9.36 Å². The van der Waals surface area contributed by atoms with Gasteiger partial charge in [0, 0.05) is 22.0 Å². The van der Waals surface area contributed by atoms with Gasteiger partial charge in [0.1, 0.15) is 11.2 Å². The second kappa shape index (κ2) is 11.3. The van der Waals surface area contributed by atoms with Crippen molar-refractivity contribution in [3.05, 3.63) is 118 Å². The smallest absolute Gasteiger partial charge is 0.399 e. The van der Waals surface area contributed by atoms with Crippen LogP contribution in [-0.4, -0.2) is 50.0 Å². The third-order valence-electron chi connectivity index (χ3n) is 9.19. The maximum Gasteiger partial charge on any atom is 0.494 e. The number of nitrogens with zero attached hydrogens (tertiary/aromatic N) is 5. The summed E-state index contributed by atoms with van der Waals surface area (Å²) in [6, 6.07) is 24.4. The van der Waals surface area contributed by atoms with Gasteiger partial charge in [-0.2, -0.15) is 5.10 Å². The number of halogens is 1. The molecule has 6 aromatic rings. The van der Waals surface area contributed by atoms with Crippen molar-refractivity contribution in [2.75, 3.05) is 0 Å². The van der Waals surface area contributed by atoms with Gasteiger partial charge < -0.3 is 9.31 Å². The summed E-state index contributed by atoms with van der Waals surface area (Å²) in [5, 5.41) is 5.30. The Bertz CT molecular complexity index is 2340. The maximum atomic E-state index is 14.2. The molecule has 0 N–H and O–H groups in total. The van der Waals surface area contributed by atoms with E-state index in [4.69, 9.17) is 25.9 Å². The zero-order valence-corrected chi connectivity index (χ0v) is 28.9. The third kappa shape index (κ3) is 5.20. The molecule has 3 aromatic carbocycles. The second-order valence-electron chi connectivity index (χ2n) is 12.9. The van der Waals surface area contributed by atoms with Gasteiger partial charge in [-0.15, -0.1) is 0 Å². The summed E-state index contributed by atoms with van der Waals surface area (Å²) in [4.78, 5) is 19.3. The van der Waals surface area contributed by atoms with E-state index >= 15 is 0 Å². The third-order valence-corrected chi connectivity index (χ3v) is 11.3. The van der Waals surface area contributed by atoms with Crippen LogP contribution < -0.4 is 11.0 Å². The van der Waals surface area contributed by atoms with Crippen molar-refractivity contribution in [2.45, 2.75) is 57.6 Å². The summed E-state index contributed by atoms with van der Waals surface area (Å²) in [5.74, 6) is 0.361. The lowest BCUT2D eigenvalue weighted by Gasteiger charge is -2.32. The molecule has 0 radical (unpaired) electrons. The van der Waals surface area contributed by atoms with Gasteiger partial charge in [-0.25, -0.2) is 22.1 Å². The molecule has 13 heteroatoms. The van der Waals surface area contributed by atoms with Crippen LogP contribution in [-0.2, 0) is 19.3 Å². The summed E-state index contributed by atoms with van der Waals surface area (Å²) in [6.45, 7) is 11.5. The van der Waals surface area contributed by atoms with Gasteiger partial charge in [0.25, 0.3) is 15.6 Å². The highest BCUT2D eigenvalue weighted by molar-refractivity contribution is 7.90. The molecule has 4 heterocycles. The molecule has 0 amide bonds. The average Bonchev–Trinajstić information content (AvgIpc) is 3.70. The van der Waals surface area contributed by atoms with Crippen molar-refractivity contribution in [3.8, 4) is 22.8 Å². The van der Waals surface area contributed by atoms with E-state index in [2.05, 4.69) is 5.10 Å². The molecule has 1 aliphatic heterocycles. The number of hydrogen-bond donors (Lipinski definition) is 0. The Balaban J connectivity index is 1.37. The fourth-order valence-electron chi connectivity index (χ4n) is 5.86. The van der Waals surface area contributed by atoms with E-state index in [0.717, 1.165) is 5.46 Å². The first-order valence-corrected chi connectivity index (χ1v) is 17.2. The van der Waals surface area contributed by atoms with Crippen molar-refractivity contribution in [3.63, 3.8) is 0 Å². The van der Waals surface area contributed by atoms with Crippen LogP contribution >= 0.6 is 11.6 Å². The highest BCUT2D eigenvalue weighted by Gasteiger charge is 2.51. The molecule has 0 bridgehead atoms. The van der Waals surface area contributed by atoms with Crippen molar-refractivity contribution >= 4 is 45.2 Å². The summed E-state index contributed by atoms with van der Waals surface area (Å²) < 4.78 is 44.1. The number of aromatic nitrogens is 5. The second-order valence-corrected chi connectivity index (χ2v) is 15.2. The molecular weight excluding hydrogens is 649 g/mol. The first-order chi connectivity index (χ1) is 22.7. The fraction of sp³-hybridized carbons (Fsp3) is 0.229. The zero-order valence-electron chi connectivity index (χ0n) is 27.3. The summed E-state index contributed by atoms with van der Waals surface area (Å²) in [6.07, 6.45) is 1.45. The number of hydrogen-bond acceptors (Lipinski definition) is 7. The van der Waals surface area contributed by atoms with Gasteiger partial charge >= 0.3 is 7.12 Å². The van der Waals surface area contributed by atoms with E-state index in [1.165, 1.54) is 31.6 Å². The minimum absolute atomic E-state index is 0.0825. The standard InChI is InChI=1S/C35H33BClN5O5S/c1-22-10-11-23(2)42(22)48(44,45)29-9-7-8-28(20-29)41-32-30(21-38-41)33(43)40(27-18-16-26(37)17-19-27)31(39-32)24-12-14-25(15-13-24)36-46-34(3,4)35(5,6)47-36/h7-21H,1-6H3. The Morgan fingerprint density at radius 2 is 1.44 bits per heavy atom. The molecule has 0 saturated carbocycles. The lowest BCUT2D eigenvalue weighted by Crippen LogP contribution is -2.41. The van der Waals surface area contributed by atoms with Gasteiger partial charge in [0.15, 0.2) is 5.65 Å². The van der Waals surface area contributed by atoms with Crippen LogP contribution in [0.3, 0.4) is 0 Å². The molecular formula is C35H33BClN5O5S. The summed E-state index contributed by atoms with van der Waals surface area (Å²) >= 11 is 6.19. The van der Waals surface area contributed by atoms with Crippen LogP contribution in [0.2, 0.25) is 5.02 Å². The Morgan fingerprint density at radius 3 is 2.06 bits per heavy atom. The van der Waals surface area contributed by atoms with E-state index in [0.29, 0.717) is 39.2 Å². The van der Waals surface area contributed by atoms with Gasteiger partial charge in [-0.1, -0.05) is 41.9 Å². The normalized spacial score (nSPS) is 15.8. The van der Waals surface area contributed by atoms with Gasteiger partial charge in [0.05, 0.1) is 33.7 Å². The molecule has 0 spiro atoms. The SMILES string of the molecule is Cc1ccc(C)n1S(=O)(=O)c1cccc(-n2ncc3c(=O)n(-c4ccc(Cl)cc4)c(-c4ccc(B5OC(C)(C)C(C)(C)O5)cc4)nc32)c1. The van der Waals surface area contributed by atoms with Crippen LogP contribution in [0.4, 0.5) is 0 Å². The van der Waals surface area contributed by atoms with Crippen LogP contribution in [0.15, 0.2) is 101 Å². The number of benzene rings is 3. The molecule has 1 aliphatic rings. The molecule has 0 unspecified atom stereocenters. The molecule has 1 fully saturated rings. The topological polar surface area (TPSA) is 110 Å². The van der Waals surface area contributed by atoms with E-state index in [-0.39, 0.29) is 21.5 Å². The Hall–Kier alpha value is -4.49. The molecule has 7 rings (SSSR count). The van der Waals surface area contributed by atoms with E-state index < -0.39 is 28.3 Å². The van der Waals surface area contributed by atoms with Crippen LogP contribution in [0.5, 0.6) is 0 Å². The largest absolute Gasteiger partial charge is 0.494 e.